The van der Waals surface area contributed by atoms with Gasteiger partial charge in [0.25, 0.3) is 0 Å². The zero-order valence-electron chi connectivity index (χ0n) is 20.3. The lowest BCUT2D eigenvalue weighted by Crippen LogP contribution is -2.65. The molecule has 216 valence electrons. The Hall–Kier alpha value is -3.73. The van der Waals surface area contributed by atoms with Crippen LogP contribution in [-0.4, -0.2) is 88.5 Å². The predicted molar refractivity (Wildman–Crippen MR) is 119 cm³/mol. The van der Waals surface area contributed by atoms with E-state index in [4.69, 9.17) is 34.0 Å². The Kier molecular flexibility index (Phi) is 10.8. The fourth-order valence-electron chi connectivity index (χ4n) is 3.54. The molecule has 0 amide bonds. The molecule has 0 aliphatic carbocycles. The number of aliphatic carboxylic acids is 2. The third kappa shape index (κ3) is 9.51. The molecular weight excluding hydrogens is 546 g/mol. The fraction of sp³-hybridized carbons (Fsp3) is 0.500. The van der Waals surface area contributed by atoms with E-state index in [0.717, 1.165) is 37.6 Å². The molecule has 2 aromatic heterocycles. The molecule has 0 bridgehead atoms. The van der Waals surface area contributed by atoms with Crippen LogP contribution in [0.4, 0.5) is 32.2 Å². The lowest BCUT2D eigenvalue weighted by molar-refractivity contribution is -0.193. The van der Waals surface area contributed by atoms with Gasteiger partial charge in [0.05, 0.1) is 39.1 Å². The highest BCUT2D eigenvalue weighted by atomic mass is 19.4. The van der Waals surface area contributed by atoms with Gasteiger partial charge in [0, 0.05) is 24.8 Å². The molecule has 1 spiro atoms. The number of halogens is 6. The number of ether oxygens (including phenoxy) is 3. The van der Waals surface area contributed by atoms with E-state index in [9.17, 15) is 26.3 Å². The number of hydrogen-bond donors (Lipinski definition) is 2. The first-order valence-corrected chi connectivity index (χ1v) is 11.0. The molecule has 4 heterocycles. The quantitative estimate of drug-likeness (QED) is 0.495. The average Bonchev–Trinajstić information content (AvgIpc) is 3.27. The Morgan fingerprint density at radius 2 is 1.69 bits per heavy atom. The Labute approximate surface area is 217 Å². The van der Waals surface area contributed by atoms with E-state index in [1.54, 1.807) is 13.3 Å². The van der Waals surface area contributed by atoms with Crippen LogP contribution >= 0.6 is 0 Å². The van der Waals surface area contributed by atoms with Crippen molar-refractivity contribution >= 4 is 17.8 Å². The number of carbonyl (C=O) groups is 2. The van der Waals surface area contributed by atoms with Crippen molar-refractivity contribution in [2.45, 2.75) is 31.0 Å². The van der Waals surface area contributed by atoms with Gasteiger partial charge in [0.15, 0.2) is 0 Å². The number of methoxy groups -OCH3 is 1. The minimum absolute atomic E-state index is 0.123. The van der Waals surface area contributed by atoms with Gasteiger partial charge in [-0.15, -0.1) is 0 Å². The third-order valence-corrected chi connectivity index (χ3v) is 5.46. The van der Waals surface area contributed by atoms with Gasteiger partial charge in [-0.25, -0.2) is 19.6 Å². The zero-order valence-corrected chi connectivity index (χ0v) is 20.3. The van der Waals surface area contributed by atoms with Crippen molar-refractivity contribution in [3.05, 3.63) is 42.5 Å². The number of carboxylic acids is 2. The van der Waals surface area contributed by atoms with Gasteiger partial charge >= 0.3 is 24.3 Å². The highest BCUT2D eigenvalue weighted by Crippen LogP contribution is 2.41. The first kappa shape index (κ1) is 31.5. The number of hydrogen-bond acceptors (Lipinski definition) is 9. The fourth-order valence-corrected chi connectivity index (χ4v) is 3.54. The Balaban J connectivity index is 0.000000317. The third-order valence-electron chi connectivity index (χ3n) is 5.46. The monoisotopic (exact) mass is 570 g/mol. The molecule has 2 aliphatic heterocycles. The number of carboxylic acid groups (broad SMARTS) is 2. The number of pyridine rings is 1. The molecular formula is C22H24F6N4O7. The summed E-state index contributed by atoms with van der Waals surface area (Å²) < 4.78 is 80.6. The molecule has 0 saturated carbocycles. The maximum atomic E-state index is 10.6. The number of aromatic nitrogens is 3. The van der Waals surface area contributed by atoms with E-state index < -0.39 is 24.3 Å². The topological polar surface area (TPSA) is 144 Å². The van der Waals surface area contributed by atoms with E-state index in [0.29, 0.717) is 25.0 Å². The Bertz CT molecular complexity index is 1060. The summed E-state index contributed by atoms with van der Waals surface area (Å²) in [5, 5.41) is 14.2. The Morgan fingerprint density at radius 3 is 2.21 bits per heavy atom. The van der Waals surface area contributed by atoms with Gasteiger partial charge in [0.2, 0.25) is 5.88 Å². The van der Waals surface area contributed by atoms with E-state index in [-0.39, 0.29) is 5.60 Å². The molecule has 2 aliphatic rings. The normalized spacial score (nSPS) is 17.7. The van der Waals surface area contributed by atoms with Crippen molar-refractivity contribution in [3.8, 4) is 5.88 Å². The molecule has 2 N–H and O–H groups in total. The van der Waals surface area contributed by atoms with E-state index in [2.05, 4.69) is 19.9 Å². The van der Waals surface area contributed by atoms with Gasteiger partial charge < -0.3 is 29.3 Å². The van der Waals surface area contributed by atoms with Crippen molar-refractivity contribution in [3.63, 3.8) is 0 Å². The number of alkyl halides is 6. The second-order valence-corrected chi connectivity index (χ2v) is 8.12. The standard InChI is InChI=1S/C18H22N4O3.2C2HF3O2/c1-23-17-8-16(20-13-21-17)22-11-18(12-22)14(5-7-25-18)9-24-10-15-4-2-3-6-19-15;2*3-2(4,5)1(6)7/h2-4,6,8,13-14H,5,7,9-12H2,1H3;2*(H,6,7). The summed E-state index contributed by atoms with van der Waals surface area (Å²) >= 11 is 0. The van der Waals surface area contributed by atoms with Crippen LogP contribution in [0.1, 0.15) is 12.1 Å². The number of anilines is 1. The highest BCUT2D eigenvalue weighted by Gasteiger charge is 2.53. The van der Waals surface area contributed by atoms with E-state index in [1.165, 1.54) is 6.33 Å². The second kappa shape index (κ2) is 13.4. The van der Waals surface area contributed by atoms with Gasteiger partial charge in [-0.1, -0.05) is 6.07 Å². The number of nitrogens with zero attached hydrogens (tertiary/aromatic N) is 4. The van der Waals surface area contributed by atoms with Crippen LogP contribution in [0.3, 0.4) is 0 Å². The molecule has 11 nitrogen and oxygen atoms in total. The zero-order chi connectivity index (χ0) is 29.3. The molecule has 4 rings (SSSR count). The van der Waals surface area contributed by atoms with E-state index in [1.807, 2.05) is 24.3 Å². The second-order valence-electron chi connectivity index (χ2n) is 8.12. The molecule has 0 aromatic carbocycles. The van der Waals surface area contributed by atoms with Crippen LogP contribution in [0.5, 0.6) is 5.88 Å². The average molecular weight is 570 g/mol. The summed E-state index contributed by atoms with van der Waals surface area (Å²) in [5.74, 6) is -3.66. The molecule has 2 fully saturated rings. The maximum Gasteiger partial charge on any atom is 0.490 e. The first-order valence-electron chi connectivity index (χ1n) is 11.0. The van der Waals surface area contributed by atoms with Crippen LogP contribution in [-0.2, 0) is 25.7 Å². The molecule has 39 heavy (non-hydrogen) atoms. The molecule has 17 heteroatoms. The molecule has 2 aromatic rings. The Morgan fingerprint density at radius 1 is 1.08 bits per heavy atom. The summed E-state index contributed by atoms with van der Waals surface area (Å²) in [5.41, 5.74) is 0.834. The van der Waals surface area contributed by atoms with Crippen molar-refractivity contribution < 1.29 is 60.4 Å². The minimum atomic E-state index is -5.08. The van der Waals surface area contributed by atoms with Crippen molar-refractivity contribution in [2.75, 3.05) is 38.3 Å². The molecule has 1 atom stereocenters. The summed E-state index contributed by atoms with van der Waals surface area (Å²) in [4.78, 5) is 32.7. The lowest BCUT2D eigenvalue weighted by Gasteiger charge is -2.50. The summed E-state index contributed by atoms with van der Waals surface area (Å²) in [6.45, 7) is 3.67. The van der Waals surface area contributed by atoms with Crippen LogP contribution in [0.25, 0.3) is 0 Å². The van der Waals surface area contributed by atoms with Gasteiger partial charge in [-0.05, 0) is 18.6 Å². The van der Waals surface area contributed by atoms with Gasteiger partial charge in [-0.2, -0.15) is 26.3 Å². The SMILES string of the molecule is COc1cc(N2CC3(C2)OCCC3COCc2ccccn2)ncn1.O=C(O)C(F)(F)F.O=C(O)C(F)(F)F. The van der Waals surface area contributed by atoms with Crippen LogP contribution in [0.15, 0.2) is 36.8 Å². The summed E-state index contributed by atoms with van der Waals surface area (Å²) in [6, 6.07) is 7.73. The predicted octanol–water partition coefficient (Wildman–Crippen LogP) is 2.96. The lowest BCUT2D eigenvalue weighted by atomic mass is 9.81. The molecule has 2 saturated heterocycles. The first-order chi connectivity index (χ1) is 18.2. The number of rotatable bonds is 6. The smallest absolute Gasteiger partial charge is 0.481 e. The minimum Gasteiger partial charge on any atom is -0.481 e. The largest absolute Gasteiger partial charge is 0.490 e. The van der Waals surface area contributed by atoms with Crippen molar-refractivity contribution in [2.24, 2.45) is 5.92 Å². The summed E-state index contributed by atoms with van der Waals surface area (Å²) in [6.07, 6.45) is -5.82. The van der Waals surface area contributed by atoms with Crippen LogP contribution in [0.2, 0.25) is 0 Å². The van der Waals surface area contributed by atoms with Gasteiger partial charge in [-0.3, -0.25) is 4.98 Å². The van der Waals surface area contributed by atoms with E-state index >= 15 is 0 Å². The van der Waals surface area contributed by atoms with Gasteiger partial charge in [0.1, 0.15) is 17.7 Å². The van der Waals surface area contributed by atoms with Crippen molar-refractivity contribution in [1.29, 1.82) is 0 Å². The van der Waals surface area contributed by atoms with Crippen molar-refractivity contribution in [1.82, 2.24) is 15.0 Å². The van der Waals surface area contributed by atoms with Crippen LogP contribution < -0.4 is 9.64 Å². The highest BCUT2D eigenvalue weighted by molar-refractivity contribution is 5.73. The summed E-state index contributed by atoms with van der Waals surface area (Å²) in [7, 11) is 1.61. The maximum absolute atomic E-state index is 10.6. The molecule has 0 radical (unpaired) electrons. The van der Waals surface area contributed by atoms with Crippen LogP contribution in [0, 0.1) is 5.92 Å². The molecule has 1 unspecified atom stereocenters.